The Hall–Kier alpha value is -0.570. The molecule has 1 aliphatic heterocycles. The maximum absolute atomic E-state index is 11.6. The zero-order valence-electron chi connectivity index (χ0n) is 8.84. The van der Waals surface area contributed by atoms with Crippen molar-refractivity contribution >= 4 is 5.91 Å². The maximum Gasteiger partial charge on any atom is 0.223 e. The summed E-state index contributed by atoms with van der Waals surface area (Å²) in [7, 11) is 0. The number of hydrogen-bond acceptors (Lipinski definition) is 2. The van der Waals surface area contributed by atoms with E-state index in [-0.39, 0.29) is 11.4 Å². The zero-order chi connectivity index (χ0) is 10.1. The molecule has 1 amide bonds. The van der Waals surface area contributed by atoms with Gasteiger partial charge in [0, 0.05) is 18.5 Å². The Morgan fingerprint density at radius 2 is 2.15 bits per heavy atom. The Morgan fingerprint density at radius 1 is 1.54 bits per heavy atom. The van der Waals surface area contributed by atoms with E-state index < -0.39 is 0 Å². The normalized spacial score (nSPS) is 25.1. The summed E-state index contributed by atoms with van der Waals surface area (Å²) < 4.78 is 0. The van der Waals surface area contributed by atoms with E-state index in [0.717, 1.165) is 13.0 Å². The lowest BCUT2D eigenvalue weighted by molar-refractivity contribution is -0.140. The fraction of sp³-hybridized carbons (Fsp3) is 0.900. The van der Waals surface area contributed by atoms with E-state index in [1.807, 2.05) is 4.90 Å². The van der Waals surface area contributed by atoms with Crippen LogP contribution in [0.15, 0.2) is 0 Å². The first-order chi connectivity index (χ1) is 5.95. The van der Waals surface area contributed by atoms with Crippen LogP contribution in [0.25, 0.3) is 0 Å². The number of hydrogen-bond donors (Lipinski definition) is 1. The summed E-state index contributed by atoms with van der Waals surface area (Å²) in [4.78, 5) is 13.5. The number of amides is 1. The highest BCUT2D eigenvalue weighted by Crippen LogP contribution is 2.23. The average Bonchev–Trinajstić information content (AvgIpc) is 2.03. The molecule has 1 atom stereocenters. The van der Waals surface area contributed by atoms with Crippen LogP contribution >= 0.6 is 0 Å². The van der Waals surface area contributed by atoms with E-state index in [4.69, 9.17) is 5.73 Å². The minimum atomic E-state index is -0.0507. The summed E-state index contributed by atoms with van der Waals surface area (Å²) >= 11 is 0. The molecule has 0 aromatic rings. The second kappa shape index (κ2) is 3.66. The van der Waals surface area contributed by atoms with Gasteiger partial charge in [0.1, 0.15) is 0 Å². The second-order valence-corrected chi connectivity index (χ2v) is 4.82. The van der Waals surface area contributed by atoms with Crippen LogP contribution in [0.5, 0.6) is 0 Å². The van der Waals surface area contributed by atoms with Gasteiger partial charge in [-0.1, -0.05) is 0 Å². The maximum atomic E-state index is 11.6. The molecule has 0 bridgehead atoms. The predicted octanol–water partition coefficient (Wildman–Crippen LogP) is 0.982. The number of carbonyl (C=O) groups excluding carboxylic acids is 1. The van der Waals surface area contributed by atoms with Crippen molar-refractivity contribution in [1.82, 2.24) is 4.90 Å². The topological polar surface area (TPSA) is 46.3 Å². The molecule has 0 aromatic heterocycles. The quantitative estimate of drug-likeness (QED) is 0.660. The molecular formula is C10H20N2O. The number of piperidine rings is 1. The second-order valence-electron chi connectivity index (χ2n) is 4.82. The van der Waals surface area contributed by atoms with Gasteiger partial charge in [-0.25, -0.2) is 0 Å². The molecule has 1 aliphatic rings. The van der Waals surface area contributed by atoms with Gasteiger partial charge < -0.3 is 10.6 Å². The van der Waals surface area contributed by atoms with Gasteiger partial charge in [-0.05, 0) is 39.7 Å². The van der Waals surface area contributed by atoms with Gasteiger partial charge >= 0.3 is 0 Å². The molecule has 3 nitrogen and oxygen atoms in total. The van der Waals surface area contributed by atoms with Gasteiger partial charge in [0.25, 0.3) is 0 Å². The minimum absolute atomic E-state index is 0.0507. The molecule has 1 rings (SSSR count). The lowest BCUT2D eigenvalue weighted by Gasteiger charge is -2.41. The SMILES string of the molecule is CC(C)(C)N1CC(CN)CCC1=O. The number of carbonyl (C=O) groups is 1. The Kier molecular flexibility index (Phi) is 2.96. The standard InChI is InChI=1S/C10H20N2O/c1-10(2,3)12-7-8(6-11)4-5-9(12)13/h8H,4-7,11H2,1-3H3. The molecule has 1 saturated heterocycles. The zero-order valence-corrected chi connectivity index (χ0v) is 8.84. The largest absolute Gasteiger partial charge is 0.338 e. The average molecular weight is 184 g/mol. The van der Waals surface area contributed by atoms with Gasteiger partial charge in [0.15, 0.2) is 0 Å². The number of nitrogens with zero attached hydrogens (tertiary/aromatic N) is 1. The highest BCUT2D eigenvalue weighted by Gasteiger charge is 2.31. The number of rotatable bonds is 1. The summed E-state index contributed by atoms with van der Waals surface area (Å²) in [6.45, 7) is 7.75. The molecule has 1 fully saturated rings. The highest BCUT2D eigenvalue weighted by molar-refractivity contribution is 5.77. The van der Waals surface area contributed by atoms with E-state index >= 15 is 0 Å². The predicted molar refractivity (Wildman–Crippen MR) is 53.2 cm³/mol. The molecule has 0 aliphatic carbocycles. The Balaban J connectivity index is 2.66. The van der Waals surface area contributed by atoms with Crippen LogP contribution in [0.4, 0.5) is 0 Å². The summed E-state index contributed by atoms with van der Waals surface area (Å²) in [6, 6.07) is 0. The molecule has 0 saturated carbocycles. The van der Waals surface area contributed by atoms with Crippen molar-refractivity contribution in [2.45, 2.75) is 39.2 Å². The third-order valence-electron chi connectivity index (χ3n) is 2.65. The molecule has 0 radical (unpaired) electrons. The first-order valence-corrected chi connectivity index (χ1v) is 4.95. The van der Waals surface area contributed by atoms with Gasteiger partial charge in [-0.15, -0.1) is 0 Å². The lowest BCUT2D eigenvalue weighted by atomic mass is 9.93. The summed E-state index contributed by atoms with van der Waals surface area (Å²) in [6.07, 6.45) is 1.63. The van der Waals surface area contributed by atoms with Crippen LogP contribution in [-0.4, -0.2) is 29.4 Å². The molecule has 1 heterocycles. The van der Waals surface area contributed by atoms with Crippen molar-refractivity contribution < 1.29 is 4.79 Å². The van der Waals surface area contributed by atoms with E-state index in [9.17, 15) is 4.79 Å². The van der Waals surface area contributed by atoms with Crippen molar-refractivity contribution in [1.29, 1.82) is 0 Å². The van der Waals surface area contributed by atoms with Crippen LogP contribution in [0.3, 0.4) is 0 Å². The smallest absolute Gasteiger partial charge is 0.223 e. The van der Waals surface area contributed by atoms with Gasteiger partial charge in [-0.3, -0.25) is 4.79 Å². The lowest BCUT2D eigenvalue weighted by Crippen LogP contribution is -2.51. The molecule has 13 heavy (non-hydrogen) atoms. The molecular weight excluding hydrogens is 164 g/mol. The Morgan fingerprint density at radius 3 is 2.62 bits per heavy atom. The summed E-state index contributed by atoms with van der Waals surface area (Å²) in [5.74, 6) is 0.772. The molecule has 2 N–H and O–H groups in total. The van der Waals surface area contributed by atoms with Crippen molar-refractivity contribution in [3.05, 3.63) is 0 Å². The number of nitrogens with two attached hydrogens (primary N) is 1. The van der Waals surface area contributed by atoms with Crippen molar-refractivity contribution in [3.63, 3.8) is 0 Å². The fourth-order valence-corrected chi connectivity index (χ4v) is 1.75. The summed E-state index contributed by atoms with van der Waals surface area (Å²) in [5.41, 5.74) is 5.57. The van der Waals surface area contributed by atoms with Crippen molar-refractivity contribution in [2.24, 2.45) is 11.7 Å². The molecule has 1 unspecified atom stereocenters. The third-order valence-corrected chi connectivity index (χ3v) is 2.65. The van der Waals surface area contributed by atoms with Crippen molar-refractivity contribution in [2.75, 3.05) is 13.1 Å². The highest BCUT2D eigenvalue weighted by atomic mass is 16.2. The van der Waals surface area contributed by atoms with Gasteiger partial charge in [0.2, 0.25) is 5.91 Å². The Labute approximate surface area is 80.3 Å². The molecule has 3 heteroatoms. The first-order valence-electron chi connectivity index (χ1n) is 4.95. The van der Waals surface area contributed by atoms with Crippen molar-refractivity contribution in [3.8, 4) is 0 Å². The van der Waals surface area contributed by atoms with Crippen LogP contribution in [0.1, 0.15) is 33.6 Å². The molecule has 76 valence electrons. The van der Waals surface area contributed by atoms with Crippen LogP contribution in [0, 0.1) is 5.92 Å². The first kappa shape index (κ1) is 10.5. The molecule has 0 aromatic carbocycles. The minimum Gasteiger partial charge on any atom is -0.338 e. The van der Waals surface area contributed by atoms with Crippen LogP contribution in [0.2, 0.25) is 0 Å². The summed E-state index contributed by atoms with van der Waals surface area (Å²) in [5, 5.41) is 0. The van der Waals surface area contributed by atoms with E-state index in [0.29, 0.717) is 18.9 Å². The third kappa shape index (κ3) is 2.44. The van der Waals surface area contributed by atoms with E-state index in [1.165, 1.54) is 0 Å². The fourth-order valence-electron chi connectivity index (χ4n) is 1.75. The van der Waals surface area contributed by atoms with E-state index in [1.54, 1.807) is 0 Å². The van der Waals surface area contributed by atoms with Gasteiger partial charge in [0.05, 0.1) is 0 Å². The molecule has 0 spiro atoms. The monoisotopic (exact) mass is 184 g/mol. The Bertz CT molecular complexity index is 196. The van der Waals surface area contributed by atoms with Crippen LogP contribution in [-0.2, 0) is 4.79 Å². The van der Waals surface area contributed by atoms with Crippen LogP contribution < -0.4 is 5.73 Å². The van der Waals surface area contributed by atoms with Gasteiger partial charge in [-0.2, -0.15) is 0 Å². The van der Waals surface area contributed by atoms with E-state index in [2.05, 4.69) is 20.8 Å². The number of likely N-dealkylation sites (tertiary alicyclic amines) is 1.